The molecule has 3 aromatic rings. The van der Waals surface area contributed by atoms with Crippen molar-refractivity contribution in [2.75, 3.05) is 10.8 Å². The van der Waals surface area contributed by atoms with E-state index in [-0.39, 0.29) is 29.3 Å². The average Bonchev–Trinajstić information content (AvgIpc) is 2.94. The van der Waals surface area contributed by atoms with Crippen molar-refractivity contribution in [1.82, 2.24) is 10.2 Å². The molecule has 1 N–H and O–H groups in total. The Hall–Kier alpha value is -3.17. The highest BCUT2D eigenvalue weighted by molar-refractivity contribution is 9.10. The van der Waals surface area contributed by atoms with Crippen molar-refractivity contribution < 1.29 is 18.0 Å². The molecule has 0 aromatic heterocycles. The predicted octanol–water partition coefficient (Wildman–Crippen LogP) is 6.41. The molecule has 0 aliphatic carbocycles. The van der Waals surface area contributed by atoms with E-state index in [9.17, 15) is 18.0 Å². The van der Waals surface area contributed by atoms with Crippen molar-refractivity contribution in [3.8, 4) is 0 Å². The topological polar surface area (TPSA) is 86.8 Å². The first-order valence-electron chi connectivity index (χ1n) is 13.9. The van der Waals surface area contributed by atoms with Gasteiger partial charge in [-0.15, -0.1) is 0 Å². The van der Waals surface area contributed by atoms with E-state index in [0.29, 0.717) is 5.69 Å². The van der Waals surface area contributed by atoms with Gasteiger partial charge < -0.3 is 10.2 Å². The highest BCUT2D eigenvalue weighted by atomic mass is 79.9. The van der Waals surface area contributed by atoms with Gasteiger partial charge in [0.15, 0.2) is 0 Å². The maximum Gasteiger partial charge on any atom is 0.264 e. The van der Waals surface area contributed by atoms with Gasteiger partial charge in [-0.05, 0) is 80.6 Å². The number of amides is 2. The van der Waals surface area contributed by atoms with Crippen LogP contribution < -0.4 is 9.62 Å². The second kappa shape index (κ2) is 14.1. The minimum Gasteiger partial charge on any atom is -0.352 e. The van der Waals surface area contributed by atoms with Gasteiger partial charge in [0.25, 0.3) is 10.0 Å². The van der Waals surface area contributed by atoms with Crippen molar-refractivity contribution in [3.05, 3.63) is 94.0 Å². The van der Waals surface area contributed by atoms with Gasteiger partial charge in [0, 0.05) is 17.1 Å². The summed E-state index contributed by atoms with van der Waals surface area (Å²) < 4.78 is 29.9. The Bertz CT molecular complexity index is 1440. The van der Waals surface area contributed by atoms with Gasteiger partial charge in [-0.3, -0.25) is 13.9 Å². The van der Waals surface area contributed by atoms with Gasteiger partial charge in [-0.2, -0.15) is 0 Å². The summed E-state index contributed by atoms with van der Waals surface area (Å²) in [4.78, 5) is 28.8. The Balaban J connectivity index is 2.04. The number of hydrogen-bond donors (Lipinski definition) is 1. The van der Waals surface area contributed by atoms with E-state index < -0.39 is 28.5 Å². The summed E-state index contributed by atoms with van der Waals surface area (Å²) in [6, 6.07) is 20.4. The maximum atomic E-state index is 14.1. The fraction of sp³-hybridized carbons (Fsp3) is 0.375. The lowest BCUT2D eigenvalue weighted by Gasteiger charge is -2.32. The van der Waals surface area contributed by atoms with Gasteiger partial charge in [0.2, 0.25) is 11.8 Å². The normalized spacial score (nSPS) is 13.0. The number of halogens is 1. The number of rotatable bonds is 12. The molecule has 220 valence electrons. The lowest BCUT2D eigenvalue weighted by Crippen LogP contribution is -2.52. The smallest absolute Gasteiger partial charge is 0.264 e. The van der Waals surface area contributed by atoms with Crippen LogP contribution in [0.1, 0.15) is 63.6 Å². The van der Waals surface area contributed by atoms with Crippen molar-refractivity contribution in [1.29, 1.82) is 0 Å². The lowest BCUT2D eigenvalue weighted by molar-refractivity contribution is -0.139. The van der Waals surface area contributed by atoms with Crippen LogP contribution in [0, 0.1) is 6.92 Å². The Morgan fingerprint density at radius 2 is 1.56 bits per heavy atom. The number of carbonyl (C=O) groups is 2. The van der Waals surface area contributed by atoms with E-state index in [4.69, 9.17) is 0 Å². The Labute approximate surface area is 253 Å². The Morgan fingerprint density at radius 3 is 2.12 bits per heavy atom. The molecular formula is C32H40BrN3O4S. The fourth-order valence-electron chi connectivity index (χ4n) is 4.27. The first kappa shape index (κ1) is 32.3. The summed E-state index contributed by atoms with van der Waals surface area (Å²) >= 11 is 3.47. The SMILES string of the molecule is CC[C@@H](C)NC(=O)[C@@H](C)N(Cc1cccc(Br)c1)C(=O)CN(c1ccc(C(C)C)cc1)S(=O)(=O)c1ccc(C)cc1. The van der Waals surface area contributed by atoms with Crippen LogP contribution in [-0.4, -0.2) is 43.8 Å². The van der Waals surface area contributed by atoms with E-state index >= 15 is 0 Å². The zero-order valence-electron chi connectivity index (χ0n) is 24.6. The summed E-state index contributed by atoms with van der Waals surface area (Å²) in [6.45, 7) is 11.2. The minimum atomic E-state index is -4.10. The molecule has 2 amide bonds. The molecule has 0 spiro atoms. The third-order valence-corrected chi connectivity index (χ3v) is 9.43. The van der Waals surface area contributed by atoms with Crippen molar-refractivity contribution in [2.24, 2.45) is 0 Å². The molecule has 0 fully saturated rings. The van der Waals surface area contributed by atoms with Crippen LogP contribution in [0.25, 0.3) is 0 Å². The summed E-state index contributed by atoms with van der Waals surface area (Å²) in [6.07, 6.45) is 0.743. The summed E-state index contributed by atoms with van der Waals surface area (Å²) in [5.41, 5.74) is 3.17. The largest absolute Gasteiger partial charge is 0.352 e. The predicted molar refractivity (Wildman–Crippen MR) is 168 cm³/mol. The number of nitrogens with zero attached hydrogens (tertiary/aromatic N) is 2. The molecule has 9 heteroatoms. The van der Waals surface area contributed by atoms with Crippen LogP contribution >= 0.6 is 15.9 Å². The number of sulfonamides is 1. The summed E-state index contributed by atoms with van der Waals surface area (Å²) in [5.74, 6) is -0.518. The molecule has 0 bridgehead atoms. The number of hydrogen-bond acceptors (Lipinski definition) is 4. The van der Waals surface area contributed by atoms with Crippen molar-refractivity contribution in [2.45, 2.75) is 77.4 Å². The molecule has 7 nitrogen and oxygen atoms in total. The van der Waals surface area contributed by atoms with E-state index in [1.165, 1.54) is 4.90 Å². The highest BCUT2D eigenvalue weighted by Crippen LogP contribution is 2.27. The van der Waals surface area contributed by atoms with Gasteiger partial charge in [0.1, 0.15) is 12.6 Å². The van der Waals surface area contributed by atoms with Crippen LogP contribution in [0.3, 0.4) is 0 Å². The van der Waals surface area contributed by atoms with Crippen molar-refractivity contribution >= 4 is 43.5 Å². The third kappa shape index (κ3) is 8.42. The Morgan fingerprint density at radius 1 is 0.927 bits per heavy atom. The van der Waals surface area contributed by atoms with Gasteiger partial charge in [-0.25, -0.2) is 8.42 Å². The molecular weight excluding hydrogens is 602 g/mol. The summed E-state index contributed by atoms with van der Waals surface area (Å²) in [5, 5.41) is 2.95. The van der Waals surface area contributed by atoms with Crippen LogP contribution in [-0.2, 0) is 26.2 Å². The zero-order valence-corrected chi connectivity index (χ0v) is 27.0. The molecule has 41 heavy (non-hydrogen) atoms. The molecule has 2 atom stereocenters. The van der Waals surface area contributed by atoms with E-state index in [2.05, 4.69) is 35.1 Å². The first-order chi connectivity index (χ1) is 19.3. The van der Waals surface area contributed by atoms with Crippen molar-refractivity contribution in [3.63, 3.8) is 0 Å². The highest BCUT2D eigenvalue weighted by Gasteiger charge is 2.32. The van der Waals surface area contributed by atoms with E-state index in [1.807, 2.05) is 57.2 Å². The minimum absolute atomic E-state index is 0.0642. The summed E-state index contributed by atoms with van der Waals surface area (Å²) in [7, 11) is -4.10. The Kier molecular flexibility index (Phi) is 11.2. The van der Waals surface area contributed by atoms with Crippen LogP contribution in [0.4, 0.5) is 5.69 Å². The number of benzene rings is 3. The molecule has 3 aromatic carbocycles. The van der Waals surface area contributed by atoms with Gasteiger partial charge in [0.05, 0.1) is 10.6 Å². The number of anilines is 1. The maximum absolute atomic E-state index is 14.1. The zero-order chi connectivity index (χ0) is 30.3. The van der Waals surface area contributed by atoms with Gasteiger partial charge in [-0.1, -0.05) is 78.7 Å². The molecule has 0 saturated carbocycles. The van der Waals surface area contributed by atoms with Crippen LogP contribution in [0.5, 0.6) is 0 Å². The molecule has 0 radical (unpaired) electrons. The monoisotopic (exact) mass is 641 g/mol. The van der Waals surface area contributed by atoms with Crippen LogP contribution in [0.15, 0.2) is 82.2 Å². The fourth-order valence-corrected chi connectivity index (χ4v) is 6.13. The third-order valence-electron chi connectivity index (χ3n) is 7.15. The molecule has 0 aliphatic heterocycles. The lowest BCUT2D eigenvalue weighted by atomic mass is 10.0. The molecule has 0 unspecified atom stereocenters. The first-order valence-corrected chi connectivity index (χ1v) is 16.1. The number of aryl methyl sites for hydroxylation is 1. The average molecular weight is 643 g/mol. The second-order valence-electron chi connectivity index (χ2n) is 10.7. The molecule has 0 heterocycles. The number of carbonyl (C=O) groups excluding carboxylic acids is 2. The quantitative estimate of drug-likeness (QED) is 0.248. The van der Waals surface area contributed by atoms with E-state index in [0.717, 1.165) is 31.9 Å². The molecule has 3 rings (SSSR count). The standard InChI is InChI=1S/C32H40BrN3O4S/c1-7-24(5)34-32(38)25(6)35(20-26-9-8-10-28(33)19-26)31(37)21-36(29-15-13-27(14-16-29)22(2)3)41(39,40)30-17-11-23(4)12-18-30/h8-19,22,24-25H,7,20-21H2,1-6H3,(H,34,38)/t24-,25-/m1/s1. The second-order valence-corrected chi connectivity index (χ2v) is 13.5. The van der Waals surface area contributed by atoms with Gasteiger partial charge >= 0.3 is 0 Å². The van der Waals surface area contributed by atoms with Crippen LogP contribution in [0.2, 0.25) is 0 Å². The molecule has 0 saturated heterocycles. The van der Waals surface area contributed by atoms with E-state index in [1.54, 1.807) is 43.3 Å². The molecule has 0 aliphatic rings. The number of nitrogens with one attached hydrogen (secondary N) is 1.